The maximum Gasteiger partial charge on any atom is 0.223 e. The van der Waals surface area contributed by atoms with E-state index in [1.807, 2.05) is 0 Å². The van der Waals surface area contributed by atoms with Gasteiger partial charge in [-0.3, -0.25) is 4.79 Å². The van der Waals surface area contributed by atoms with Crippen molar-refractivity contribution in [2.75, 3.05) is 13.7 Å². The van der Waals surface area contributed by atoms with Crippen LogP contribution in [0.4, 0.5) is 4.39 Å². The number of carbonyl (C=O) groups excluding carboxylic acids is 1. The van der Waals surface area contributed by atoms with Crippen molar-refractivity contribution >= 4 is 17.5 Å². The Morgan fingerprint density at radius 3 is 2.79 bits per heavy atom. The van der Waals surface area contributed by atoms with Gasteiger partial charge in [-0.15, -0.1) is 0 Å². The van der Waals surface area contributed by atoms with Gasteiger partial charge in [0, 0.05) is 13.7 Å². The largest absolute Gasteiger partial charge is 0.380 e. The second-order valence-corrected chi connectivity index (χ2v) is 4.67. The third kappa shape index (κ3) is 4.78. The highest BCUT2D eigenvalue weighted by atomic mass is 35.5. The summed E-state index contributed by atoms with van der Waals surface area (Å²) in [7, 11) is 1.51. The van der Waals surface area contributed by atoms with Gasteiger partial charge in [-0.2, -0.15) is 0 Å². The van der Waals surface area contributed by atoms with E-state index in [0.717, 1.165) is 5.56 Å². The number of amides is 1. The molecule has 0 aromatic heterocycles. The molecular weight excluding hydrogens is 271 g/mol. The Bertz CT molecular complexity index is 439. The summed E-state index contributed by atoms with van der Waals surface area (Å²) in [6.07, 6.45) is -0.115. The highest BCUT2D eigenvalue weighted by molar-refractivity contribution is 6.30. The number of hydrogen-bond donors (Lipinski definition) is 2. The molecule has 2 unspecified atom stereocenters. The van der Waals surface area contributed by atoms with E-state index >= 15 is 0 Å². The summed E-state index contributed by atoms with van der Waals surface area (Å²) in [5.74, 6) is -0.656. The molecule has 0 aliphatic heterocycles. The Morgan fingerprint density at radius 1 is 1.58 bits per heavy atom. The normalized spacial score (nSPS) is 13.9. The smallest absolute Gasteiger partial charge is 0.223 e. The van der Waals surface area contributed by atoms with E-state index in [9.17, 15) is 9.18 Å². The van der Waals surface area contributed by atoms with Gasteiger partial charge in [0.1, 0.15) is 5.82 Å². The second kappa shape index (κ2) is 7.43. The molecule has 19 heavy (non-hydrogen) atoms. The van der Waals surface area contributed by atoms with E-state index in [4.69, 9.17) is 22.1 Å². The molecule has 1 aromatic rings. The third-order valence-corrected chi connectivity index (χ3v) is 3.12. The highest BCUT2D eigenvalue weighted by Crippen LogP contribution is 2.20. The van der Waals surface area contributed by atoms with E-state index in [1.54, 1.807) is 13.0 Å². The van der Waals surface area contributed by atoms with Gasteiger partial charge < -0.3 is 15.8 Å². The predicted molar refractivity (Wildman–Crippen MR) is 72.4 cm³/mol. The van der Waals surface area contributed by atoms with Gasteiger partial charge in [0.15, 0.2) is 0 Å². The first-order chi connectivity index (χ1) is 8.97. The summed E-state index contributed by atoms with van der Waals surface area (Å²) in [5.41, 5.74) is 6.18. The predicted octanol–water partition coefficient (Wildman–Crippen LogP) is 2.02. The van der Waals surface area contributed by atoms with E-state index in [0.29, 0.717) is 0 Å². The van der Waals surface area contributed by atoms with E-state index in [2.05, 4.69) is 5.32 Å². The molecule has 3 N–H and O–H groups in total. The van der Waals surface area contributed by atoms with Crippen molar-refractivity contribution in [3.63, 3.8) is 0 Å². The SMILES string of the molecule is COC(CN)CC(=O)NC(C)c1ccc(F)c(Cl)c1. The molecule has 0 radical (unpaired) electrons. The van der Waals surface area contributed by atoms with Crippen molar-refractivity contribution in [1.82, 2.24) is 5.32 Å². The summed E-state index contributed by atoms with van der Waals surface area (Å²) in [5, 5.41) is 2.82. The summed E-state index contributed by atoms with van der Waals surface area (Å²) < 4.78 is 18.1. The Hall–Kier alpha value is -1.17. The lowest BCUT2D eigenvalue weighted by molar-refractivity contribution is -0.124. The van der Waals surface area contributed by atoms with Crippen molar-refractivity contribution in [2.24, 2.45) is 5.73 Å². The molecular formula is C13H18ClFN2O2. The fourth-order valence-corrected chi connectivity index (χ4v) is 1.82. The second-order valence-electron chi connectivity index (χ2n) is 4.26. The van der Waals surface area contributed by atoms with Gasteiger partial charge in [-0.1, -0.05) is 17.7 Å². The molecule has 106 valence electrons. The number of halogens is 2. The van der Waals surface area contributed by atoms with E-state index in [1.165, 1.54) is 19.2 Å². The molecule has 1 amide bonds. The molecule has 0 heterocycles. The zero-order valence-electron chi connectivity index (χ0n) is 11.0. The lowest BCUT2D eigenvalue weighted by Gasteiger charge is -2.17. The average molecular weight is 289 g/mol. The maximum atomic E-state index is 13.0. The molecule has 0 spiro atoms. The van der Waals surface area contributed by atoms with E-state index in [-0.39, 0.29) is 36.0 Å². The number of methoxy groups -OCH3 is 1. The Balaban J connectivity index is 2.61. The van der Waals surface area contributed by atoms with Gasteiger partial charge >= 0.3 is 0 Å². The lowest BCUT2D eigenvalue weighted by Crippen LogP contribution is -2.33. The summed E-state index contributed by atoms with van der Waals surface area (Å²) in [6.45, 7) is 2.08. The van der Waals surface area contributed by atoms with Crippen LogP contribution >= 0.6 is 11.6 Å². The minimum Gasteiger partial charge on any atom is -0.380 e. The van der Waals surface area contributed by atoms with Crippen molar-refractivity contribution in [3.8, 4) is 0 Å². The van der Waals surface area contributed by atoms with Crippen LogP contribution in [0, 0.1) is 5.82 Å². The molecule has 0 fully saturated rings. The molecule has 4 nitrogen and oxygen atoms in total. The molecule has 0 saturated carbocycles. The van der Waals surface area contributed by atoms with Crippen molar-refractivity contribution in [2.45, 2.75) is 25.5 Å². The van der Waals surface area contributed by atoms with Gasteiger partial charge in [0.05, 0.1) is 23.6 Å². The standard InChI is InChI=1S/C13H18ClFN2O2/c1-8(9-3-4-12(15)11(14)5-9)17-13(18)6-10(7-16)19-2/h3-5,8,10H,6-7,16H2,1-2H3,(H,17,18). The average Bonchev–Trinajstić information content (AvgIpc) is 2.38. The van der Waals surface area contributed by atoms with Gasteiger partial charge in [0.25, 0.3) is 0 Å². The first kappa shape index (κ1) is 15.9. The van der Waals surface area contributed by atoms with Crippen LogP contribution in [0.1, 0.15) is 24.9 Å². The first-order valence-electron chi connectivity index (χ1n) is 5.95. The lowest BCUT2D eigenvalue weighted by atomic mass is 10.1. The molecule has 0 aliphatic rings. The monoisotopic (exact) mass is 288 g/mol. The maximum absolute atomic E-state index is 13.0. The quantitative estimate of drug-likeness (QED) is 0.842. The van der Waals surface area contributed by atoms with Crippen LogP contribution in [0.15, 0.2) is 18.2 Å². The highest BCUT2D eigenvalue weighted by Gasteiger charge is 2.15. The van der Waals surface area contributed by atoms with E-state index < -0.39 is 5.82 Å². The van der Waals surface area contributed by atoms with Crippen molar-refractivity contribution in [1.29, 1.82) is 0 Å². The van der Waals surface area contributed by atoms with Gasteiger partial charge in [0.2, 0.25) is 5.91 Å². The zero-order chi connectivity index (χ0) is 14.4. The molecule has 0 saturated heterocycles. The Labute approximate surface area is 117 Å². The van der Waals surface area contributed by atoms with Crippen LogP contribution in [0.2, 0.25) is 5.02 Å². The minimum atomic E-state index is -0.480. The summed E-state index contributed by atoms with van der Waals surface area (Å²) in [4.78, 5) is 11.8. The minimum absolute atomic E-state index is 0.0373. The molecule has 2 atom stereocenters. The number of nitrogens with one attached hydrogen (secondary N) is 1. The number of benzene rings is 1. The topological polar surface area (TPSA) is 64.3 Å². The summed E-state index contributed by atoms with van der Waals surface area (Å²) in [6, 6.07) is 4.10. The number of rotatable bonds is 6. The van der Waals surface area contributed by atoms with Crippen LogP contribution in [0.5, 0.6) is 0 Å². The fraction of sp³-hybridized carbons (Fsp3) is 0.462. The van der Waals surface area contributed by atoms with Crippen LogP contribution < -0.4 is 11.1 Å². The molecule has 0 aliphatic carbocycles. The Kier molecular flexibility index (Phi) is 6.21. The Morgan fingerprint density at radius 2 is 2.26 bits per heavy atom. The van der Waals surface area contributed by atoms with Crippen LogP contribution in [-0.2, 0) is 9.53 Å². The van der Waals surface area contributed by atoms with Gasteiger partial charge in [-0.25, -0.2) is 4.39 Å². The number of ether oxygens (including phenoxy) is 1. The molecule has 6 heteroatoms. The van der Waals surface area contributed by atoms with Crippen molar-refractivity contribution < 1.29 is 13.9 Å². The fourth-order valence-electron chi connectivity index (χ4n) is 1.64. The zero-order valence-corrected chi connectivity index (χ0v) is 11.7. The number of nitrogens with two attached hydrogens (primary N) is 1. The van der Waals surface area contributed by atoms with Crippen molar-refractivity contribution in [3.05, 3.63) is 34.6 Å². The van der Waals surface area contributed by atoms with Crippen LogP contribution in [-0.4, -0.2) is 25.7 Å². The summed E-state index contributed by atoms with van der Waals surface area (Å²) >= 11 is 5.70. The number of carbonyl (C=O) groups is 1. The third-order valence-electron chi connectivity index (χ3n) is 2.83. The van der Waals surface area contributed by atoms with Crippen LogP contribution in [0.3, 0.4) is 0 Å². The number of hydrogen-bond acceptors (Lipinski definition) is 3. The van der Waals surface area contributed by atoms with Gasteiger partial charge in [-0.05, 0) is 24.6 Å². The van der Waals surface area contributed by atoms with Crippen LogP contribution in [0.25, 0.3) is 0 Å². The molecule has 0 bridgehead atoms. The molecule has 1 rings (SSSR count). The molecule has 1 aromatic carbocycles. The first-order valence-corrected chi connectivity index (χ1v) is 6.33.